The Kier molecular flexibility index (Phi) is 4.27. The lowest BCUT2D eigenvalue weighted by Crippen LogP contribution is -2.10. The van der Waals surface area contributed by atoms with Crippen molar-refractivity contribution >= 4 is 28.8 Å². The maximum absolute atomic E-state index is 9.03. The lowest BCUT2D eigenvalue weighted by molar-refractivity contribution is 0.270. The summed E-state index contributed by atoms with van der Waals surface area (Å²) in [6.45, 7) is 5.30. The van der Waals surface area contributed by atoms with Crippen LogP contribution in [0.4, 0.5) is 5.82 Å². The van der Waals surface area contributed by atoms with E-state index >= 15 is 0 Å². The molecule has 0 aromatic carbocycles. The van der Waals surface area contributed by atoms with Gasteiger partial charge in [-0.25, -0.2) is 4.68 Å². The minimum absolute atomic E-state index is 0.0834. The highest BCUT2D eigenvalue weighted by Crippen LogP contribution is 2.24. The molecule has 0 amide bonds. The third kappa shape index (κ3) is 2.85. The number of nitrogens with zero attached hydrogens (tertiary/aromatic N) is 2. The molecule has 0 atom stereocenters. The number of aliphatic hydroxyl groups is 1. The van der Waals surface area contributed by atoms with Gasteiger partial charge in [-0.05, 0) is 26.0 Å². The largest absolute Gasteiger partial charge is 0.394 e. The van der Waals surface area contributed by atoms with Crippen LogP contribution in [0.5, 0.6) is 0 Å². The molecular formula is C12H16ClN3OS. The SMILES string of the molecule is Cc1nn(CCO)c(NCc2ccc(Cl)s2)c1C. The number of anilines is 1. The van der Waals surface area contributed by atoms with Gasteiger partial charge in [0.25, 0.3) is 0 Å². The first-order valence-corrected chi connectivity index (χ1v) is 6.94. The van der Waals surface area contributed by atoms with Crippen molar-refractivity contribution in [3.05, 3.63) is 32.6 Å². The highest BCUT2D eigenvalue weighted by Gasteiger charge is 2.11. The fourth-order valence-corrected chi connectivity index (χ4v) is 2.80. The van der Waals surface area contributed by atoms with Crippen molar-refractivity contribution in [2.45, 2.75) is 26.9 Å². The summed E-state index contributed by atoms with van der Waals surface area (Å²) in [5.41, 5.74) is 2.10. The number of hydrogen-bond acceptors (Lipinski definition) is 4. The molecular weight excluding hydrogens is 270 g/mol. The molecule has 4 nitrogen and oxygen atoms in total. The van der Waals surface area contributed by atoms with E-state index in [-0.39, 0.29) is 6.61 Å². The molecule has 0 saturated heterocycles. The molecule has 0 fully saturated rings. The second-order valence-corrected chi connectivity index (χ2v) is 5.86. The van der Waals surface area contributed by atoms with E-state index in [0.717, 1.165) is 28.0 Å². The molecule has 0 aliphatic carbocycles. The van der Waals surface area contributed by atoms with Gasteiger partial charge in [-0.15, -0.1) is 11.3 Å². The van der Waals surface area contributed by atoms with Crippen molar-refractivity contribution in [2.75, 3.05) is 11.9 Å². The Balaban J connectivity index is 2.12. The van der Waals surface area contributed by atoms with Gasteiger partial charge in [0.2, 0.25) is 0 Å². The zero-order chi connectivity index (χ0) is 13.1. The van der Waals surface area contributed by atoms with Crippen LogP contribution in [0.1, 0.15) is 16.1 Å². The third-order valence-corrected chi connectivity index (χ3v) is 4.03. The van der Waals surface area contributed by atoms with Gasteiger partial charge in [0.05, 0.1) is 29.7 Å². The van der Waals surface area contributed by atoms with Crippen LogP contribution in [-0.4, -0.2) is 21.5 Å². The molecule has 6 heteroatoms. The van der Waals surface area contributed by atoms with Crippen LogP contribution in [0.15, 0.2) is 12.1 Å². The summed E-state index contributed by atoms with van der Waals surface area (Å²) in [5, 5.41) is 16.8. The molecule has 0 unspecified atom stereocenters. The van der Waals surface area contributed by atoms with Gasteiger partial charge in [-0.3, -0.25) is 0 Å². The first-order chi connectivity index (χ1) is 8.61. The van der Waals surface area contributed by atoms with Crippen molar-refractivity contribution in [1.82, 2.24) is 9.78 Å². The molecule has 0 aliphatic heterocycles. The first kappa shape index (κ1) is 13.4. The molecule has 2 heterocycles. The summed E-state index contributed by atoms with van der Waals surface area (Å²) in [7, 11) is 0. The fraction of sp³-hybridized carbons (Fsp3) is 0.417. The van der Waals surface area contributed by atoms with E-state index in [1.165, 1.54) is 4.88 Å². The number of rotatable bonds is 5. The molecule has 98 valence electrons. The predicted molar refractivity (Wildman–Crippen MR) is 75.4 cm³/mol. The molecule has 0 saturated carbocycles. The van der Waals surface area contributed by atoms with E-state index in [1.807, 2.05) is 26.0 Å². The molecule has 18 heavy (non-hydrogen) atoms. The molecule has 2 aromatic rings. The molecule has 2 rings (SSSR count). The third-order valence-electron chi connectivity index (χ3n) is 2.80. The number of aliphatic hydroxyl groups excluding tert-OH is 1. The summed E-state index contributed by atoms with van der Waals surface area (Å²) >= 11 is 7.46. The van der Waals surface area contributed by atoms with E-state index in [0.29, 0.717) is 6.54 Å². The van der Waals surface area contributed by atoms with Crippen molar-refractivity contribution in [3.8, 4) is 0 Å². The van der Waals surface area contributed by atoms with Crippen LogP contribution < -0.4 is 5.32 Å². The summed E-state index contributed by atoms with van der Waals surface area (Å²) in [6.07, 6.45) is 0. The van der Waals surface area contributed by atoms with Gasteiger partial charge in [-0.2, -0.15) is 5.10 Å². The molecule has 2 N–H and O–H groups in total. The number of thiophene rings is 1. The van der Waals surface area contributed by atoms with Gasteiger partial charge in [0.15, 0.2) is 0 Å². The van der Waals surface area contributed by atoms with Gasteiger partial charge in [0.1, 0.15) is 5.82 Å². The van der Waals surface area contributed by atoms with Crippen LogP contribution in [0.25, 0.3) is 0 Å². The Morgan fingerprint density at radius 1 is 1.44 bits per heavy atom. The van der Waals surface area contributed by atoms with Crippen molar-refractivity contribution in [3.63, 3.8) is 0 Å². The Hall–Kier alpha value is -1.04. The monoisotopic (exact) mass is 285 g/mol. The molecule has 0 aliphatic rings. The molecule has 0 bridgehead atoms. The maximum Gasteiger partial charge on any atom is 0.127 e. The standard InChI is InChI=1S/C12H16ClN3OS/c1-8-9(2)15-16(5-6-17)12(8)14-7-10-3-4-11(13)18-10/h3-4,14,17H,5-7H2,1-2H3. The van der Waals surface area contributed by atoms with E-state index in [9.17, 15) is 0 Å². The first-order valence-electron chi connectivity index (χ1n) is 5.74. The zero-order valence-electron chi connectivity index (χ0n) is 10.4. The highest BCUT2D eigenvalue weighted by molar-refractivity contribution is 7.16. The highest BCUT2D eigenvalue weighted by atomic mass is 35.5. The normalized spacial score (nSPS) is 10.9. The number of aryl methyl sites for hydroxylation is 1. The van der Waals surface area contributed by atoms with Gasteiger partial charge < -0.3 is 10.4 Å². The fourth-order valence-electron chi connectivity index (χ4n) is 1.77. The summed E-state index contributed by atoms with van der Waals surface area (Å²) in [6, 6.07) is 3.90. The number of halogens is 1. The quantitative estimate of drug-likeness (QED) is 0.888. The minimum atomic E-state index is 0.0834. The second-order valence-electron chi connectivity index (χ2n) is 4.07. The summed E-state index contributed by atoms with van der Waals surface area (Å²) in [5.74, 6) is 0.964. The van der Waals surface area contributed by atoms with Crippen molar-refractivity contribution < 1.29 is 5.11 Å². The van der Waals surface area contributed by atoms with Crippen LogP contribution in [0.2, 0.25) is 4.34 Å². The van der Waals surface area contributed by atoms with Crippen molar-refractivity contribution in [1.29, 1.82) is 0 Å². The van der Waals surface area contributed by atoms with Crippen LogP contribution >= 0.6 is 22.9 Å². The van der Waals surface area contributed by atoms with Gasteiger partial charge in [0, 0.05) is 10.4 Å². The predicted octanol–water partition coefficient (Wildman–Crippen LogP) is 2.82. The molecule has 0 radical (unpaired) electrons. The lowest BCUT2D eigenvalue weighted by atomic mass is 10.3. The topological polar surface area (TPSA) is 50.1 Å². The van der Waals surface area contributed by atoms with E-state index in [4.69, 9.17) is 16.7 Å². The van der Waals surface area contributed by atoms with Crippen molar-refractivity contribution in [2.24, 2.45) is 0 Å². The smallest absolute Gasteiger partial charge is 0.127 e. The van der Waals surface area contributed by atoms with E-state index < -0.39 is 0 Å². The molecule has 2 aromatic heterocycles. The maximum atomic E-state index is 9.03. The average molecular weight is 286 g/mol. The Morgan fingerprint density at radius 2 is 2.22 bits per heavy atom. The van der Waals surface area contributed by atoms with Crippen LogP contribution in [0, 0.1) is 13.8 Å². The molecule has 0 spiro atoms. The lowest BCUT2D eigenvalue weighted by Gasteiger charge is -2.09. The van der Waals surface area contributed by atoms with Crippen LogP contribution in [-0.2, 0) is 13.1 Å². The number of hydrogen-bond donors (Lipinski definition) is 2. The Morgan fingerprint density at radius 3 is 2.83 bits per heavy atom. The summed E-state index contributed by atoms with van der Waals surface area (Å²) in [4.78, 5) is 1.17. The number of aromatic nitrogens is 2. The van der Waals surface area contributed by atoms with Gasteiger partial charge >= 0.3 is 0 Å². The Bertz CT molecular complexity index is 535. The summed E-state index contributed by atoms with van der Waals surface area (Å²) < 4.78 is 2.60. The van der Waals surface area contributed by atoms with E-state index in [2.05, 4.69) is 10.4 Å². The van der Waals surface area contributed by atoms with Gasteiger partial charge in [-0.1, -0.05) is 11.6 Å². The average Bonchev–Trinajstić information content (AvgIpc) is 2.84. The van der Waals surface area contributed by atoms with E-state index in [1.54, 1.807) is 16.0 Å². The number of nitrogens with one attached hydrogen (secondary N) is 1. The Labute approximate surface area is 115 Å². The minimum Gasteiger partial charge on any atom is -0.394 e. The second kappa shape index (κ2) is 5.73. The zero-order valence-corrected chi connectivity index (χ0v) is 12.0. The van der Waals surface area contributed by atoms with Crippen LogP contribution in [0.3, 0.4) is 0 Å².